The standard InChI is InChI=1S/C17H18N4O3S/c1-10(2)25-13-6-4-12(5-7-13)9-15-19-20-17(23-15)18-16(22)14-8-11(3)24-21-14/h4-8,10H,9H2,1-3H3,(H,18,20,22). The van der Waals surface area contributed by atoms with E-state index in [1.54, 1.807) is 6.92 Å². The molecule has 2 aromatic heterocycles. The van der Waals surface area contributed by atoms with Gasteiger partial charge >= 0.3 is 6.01 Å². The number of anilines is 1. The maximum Gasteiger partial charge on any atom is 0.322 e. The normalized spacial score (nSPS) is 11.0. The highest BCUT2D eigenvalue weighted by Gasteiger charge is 2.15. The maximum atomic E-state index is 12.0. The number of hydrogen-bond donors (Lipinski definition) is 1. The Hall–Kier alpha value is -2.61. The molecular formula is C17H18N4O3S. The predicted octanol–water partition coefficient (Wildman–Crippen LogP) is 3.71. The van der Waals surface area contributed by atoms with Gasteiger partial charge in [0.25, 0.3) is 5.91 Å². The van der Waals surface area contributed by atoms with Gasteiger partial charge in [-0.3, -0.25) is 10.1 Å². The lowest BCUT2D eigenvalue weighted by atomic mass is 10.1. The molecule has 0 saturated carbocycles. The Morgan fingerprint density at radius 3 is 2.64 bits per heavy atom. The zero-order chi connectivity index (χ0) is 17.8. The third-order valence-corrected chi connectivity index (χ3v) is 4.21. The summed E-state index contributed by atoms with van der Waals surface area (Å²) in [5.74, 6) is 0.522. The number of nitrogens with one attached hydrogen (secondary N) is 1. The first-order valence-electron chi connectivity index (χ1n) is 7.82. The number of carbonyl (C=O) groups is 1. The smallest absolute Gasteiger partial charge is 0.322 e. The third-order valence-electron chi connectivity index (χ3n) is 3.20. The van der Waals surface area contributed by atoms with E-state index in [4.69, 9.17) is 8.94 Å². The van der Waals surface area contributed by atoms with E-state index in [2.05, 4.69) is 46.7 Å². The topological polar surface area (TPSA) is 94.1 Å². The molecule has 0 bridgehead atoms. The van der Waals surface area contributed by atoms with Crippen LogP contribution in [0.5, 0.6) is 0 Å². The fourth-order valence-corrected chi connectivity index (χ4v) is 2.98. The van der Waals surface area contributed by atoms with E-state index in [-0.39, 0.29) is 11.7 Å². The van der Waals surface area contributed by atoms with Gasteiger partial charge in [-0.1, -0.05) is 36.2 Å². The molecule has 0 atom stereocenters. The lowest BCUT2D eigenvalue weighted by Gasteiger charge is -2.05. The minimum Gasteiger partial charge on any atom is -0.407 e. The van der Waals surface area contributed by atoms with Gasteiger partial charge in [0, 0.05) is 16.2 Å². The minimum absolute atomic E-state index is 0.0348. The summed E-state index contributed by atoms with van der Waals surface area (Å²) in [6, 6.07) is 9.78. The summed E-state index contributed by atoms with van der Waals surface area (Å²) in [6.45, 7) is 6.03. The Balaban J connectivity index is 1.60. The molecule has 130 valence electrons. The Labute approximate surface area is 149 Å². The van der Waals surface area contributed by atoms with Crippen LogP contribution >= 0.6 is 11.8 Å². The Bertz CT molecular complexity index is 855. The first kappa shape index (κ1) is 17.2. The number of aromatic nitrogens is 3. The van der Waals surface area contributed by atoms with Crippen molar-refractivity contribution in [2.24, 2.45) is 0 Å². The molecular weight excluding hydrogens is 340 g/mol. The van der Waals surface area contributed by atoms with Crippen molar-refractivity contribution >= 4 is 23.7 Å². The van der Waals surface area contributed by atoms with Crippen molar-refractivity contribution in [1.82, 2.24) is 15.4 Å². The van der Waals surface area contributed by atoms with Crippen molar-refractivity contribution < 1.29 is 13.7 Å². The zero-order valence-electron chi connectivity index (χ0n) is 14.1. The van der Waals surface area contributed by atoms with Crippen LogP contribution in [0.2, 0.25) is 0 Å². The van der Waals surface area contributed by atoms with Gasteiger partial charge in [0.1, 0.15) is 5.76 Å². The van der Waals surface area contributed by atoms with E-state index in [1.165, 1.54) is 11.0 Å². The SMILES string of the molecule is Cc1cc(C(=O)Nc2nnc(Cc3ccc(SC(C)C)cc3)o2)no1. The third kappa shape index (κ3) is 4.69. The van der Waals surface area contributed by atoms with Gasteiger partial charge in [-0.05, 0) is 24.6 Å². The Kier molecular flexibility index (Phi) is 5.18. The van der Waals surface area contributed by atoms with Gasteiger partial charge in [0.2, 0.25) is 5.89 Å². The molecule has 7 nitrogen and oxygen atoms in total. The van der Waals surface area contributed by atoms with Crippen LogP contribution in [0.25, 0.3) is 0 Å². The maximum absolute atomic E-state index is 12.0. The first-order valence-corrected chi connectivity index (χ1v) is 8.70. The van der Waals surface area contributed by atoms with Crippen LogP contribution in [0, 0.1) is 6.92 Å². The highest BCUT2D eigenvalue weighted by Crippen LogP contribution is 2.23. The molecule has 0 spiro atoms. The monoisotopic (exact) mass is 358 g/mol. The molecule has 0 aliphatic carbocycles. The van der Waals surface area contributed by atoms with Crippen LogP contribution in [0.4, 0.5) is 6.01 Å². The second kappa shape index (κ2) is 7.52. The summed E-state index contributed by atoms with van der Waals surface area (Å²) in [6.07, 6.45) is 0.499. The van der Waals surface area contributed by atoms with Gasteiger partial charge in [-0.15, -0.1) is 16.9 Å². The highest BCUT2D eigenvalue weighted by molar-refractivity contribution is 7.99. The molecule has 0 aliphatic rings. The van der Waals surface area contributed by atoms with Crippen molar-refractivity contribution in [1.29, 1.82) is 0 Å². The molecule has 3 rings (SSSR count). The number of carbonyl (C=O) groups excluding carboxylic acids is 1. The fraction of sp³-hybridized carbons (Fsp3) is 0.294. The molecule has 1 amide bonds. The highest BCUT2D eigenvalue weighted by atomic mass is 32.2. The van der Waals surface area contributed by atoms with E-state index in [0.29, 0.717) is 23.3 Å². The van der Waals surface area contributed by atoms with Gasteiger partial charge < -0.3 is 8.94 Å². The minimum atomic E-state index is -0.456. The summed E-state index contributed by atoms with van der Waals surface area (Å²) in [4.78, 5) is 13.2. The van der Waals surface area contributed by atoms with E-state index >= 15 is 0 Å². The second-order valence-corrected chi connectivity index (χ2v) is 7.42. The zero-order valence-corrected chi connectivity index (χ0v) is 15.0. The molecule has 0 radical (unpaired) electrons. The summed E-state index contributed by atoms with van der Waals surface area (Å²) in [7, 11) is 0. The largest absolute Gasteiger partial charge is 0.407 e. The van der Waals surface area contributed by atoms with Crippen LogP contribution in [-0.2, 0) is 6.42 Å². The molecule has 8 heteroatoms. The quantitative estimate of drug-likeness (QED) is 0.671. The van der Waals surface area contributed by atoms with E-state index < -0.39 is 5.91 Å². The van der Waals surface area contributed by atoms with Crippen LogP contribution in [0.15, 0.2) is 44.2 Å². The Morgan fingerprint density at radius 1 is 1.24 bits per heavy atom. The fourth-order valence-electron chi connectivity index (χ4n) is 2.14. The Morgan fingerprint density at radius 2 is 2.00 bits per heavy atom. The molecule has 3 aromatic rings. The number of rotatable bonds is 6. The van der Waals surface area contributed by atoms with E-state index in [1.807, 2.05) is 23.9 Å². The molecule has 1 N–H and O–H groups in total. The number of aryl methyl sites for hydroxylation is 1. The van der Waals surface area contributed by atoms with Crippen molar-refractivity contribution in [2.75, 3.05) is 5.32 Å². The first-order chi connectivity index (χ1) is 12.0. The number of amides is 1. The average Bonchev–Trinajstić information content (AvgIpc) is 3.18. The van der Waals surface area contributed by atoms with Crippen molar-refractivity contribution in [3.05, 3.63) is 53.2 Å². The summed E-state index contributed by atoms with van der Waals surface area (Å²) in [5, 5.41) is 14.5. The van der Waals surface area contributed by atoms with Crippen LogP contribution in [0.1, 0.15) is 41.6 Å². The van der Waals surface area contributed by atoms with Gasteiger partial charge in [0.15, 0.2) is 5.69 Å². The van der Waals surface area contributed by atoms with Gasteiger partial charge in [-0.2, -0.15) is 0 Å². The van der Waals surface area contributed by atoms with Crippen LogP contribution in [-0.4, -0.2) is 26.5 Å². The molecule has 0 fully saturated rings. The molecule has 2 heterocycles. The summed E-state index contributed by atoms with van der Waals surface area (Å²) in [5.41, 5.74) is 1.22. The lowest BCUT2D eigenvalue weighted by molar-refractivity contribution is 0.101. The number of hydrogen-bond acceptors (Lipinski definition) is 7. The van der Waals surface area contributed by atoms with E-state index in [9.17, 15) is 4.79 Å². The van der Waals surface area contributed by atoms with Crippen molar-refractivity contribution in [3.63, 3.8) is 0 Å². The summed E-state index contributed by atoms with van der Waals surface area (Å²) >= 11 is 1.81. The summed E-state index contributed by atoms with van der Waals surface area (Å²) < 4.78 is 10.3. The van der Waals surface area contributed by atoms with Crippen molar-refractivity contribution in [3.8, 4) is 0 Å². The molecule has 0 unspecified atom stereocenters. The molecule has 1 aromatic carbocycles. The van der Waals surface area contributed by atoms with Crippen molar-refractivity contribution in [2.45, 2.75) is 37.3 Å². The van der Waals surface area contributed by atoms with E-state index in [0.717, 1.165) is 5.56 Å². The lowest BCUT2D eigenvalue weighted by Crippen LogP contribution is -2.12. The van der Waals surface area contributed by atoms with Crippen LogP contribution < -0.4 is 5.32 Å². The molecule has 0 aliphatic heterocycles. The van der Waals surface area contributed by atoms with Gasteiger partial charge in [-0.25, -0.2) is 0 Å². The second-order valence-electron chi connectivity index (χ2n) is 5.77. The van der Waals surface area contributed by atoms with Crippen LogP contribution in [0.3, 0.4) is 0 Å². The predicted molar refractivity (Wildman–Crippen MR) is 93.7 cm³/mol. The van der Waals surface area contributed by atoms with Gasteiger partial charge in [0.05, 0.1) is 6.42 Å². The average molecular weight is 358 g/mol. The number of nitrogens with zero attached hydrogens (tertiary/aromatic N) is 3. The number of benzene rings is 1. The molecule has 0 saturated heterocycles. The molecule has 25 heavy (non-hydrogen) atoms. The number of thioether (sulfide) groups is 1.